The lowest BCUT2D eigenvalue weighted by Crippen LogP contribution is -2.39. The standard InChI is InChI=1S/C26H23IN2O6S/c1-5-34-25(32)21-14(2)28-26-29(22(21)17-9-7-6-8-10-17)24(31)20(36-26)13-16-11-18(27)23(35-15(3)30)19(12-16)33-4/h6-13,22H,5H2,1-4H3/b20-13-/t22-/m1/s1. The number of aromatic nitrogens is 1. The summed E-state index contributed by atoms with van der Waals surface area (Å²) in [4.78, 5) is 43.2. The molecule has 4 rings (SSSR count). The average Bonchev–Trinajstić information content (AvgIpc) is 3.14. The Morgan fingerprint density at radius 2 is 1.94 bits per heavy atom. The highest BCUT2D eigenvalue weighted by Gasteiger charge is 2.33. The number of nitrogens with zero attached hydrogens (tertiary/aromatic N) is 2. The van der Waals surface area contributed by atoms with E-state index in [1.807, 2.05) is 30.3 Å². The zero-order chi connectivity index (χ0) is 26.0. The second-order valence-electron chi connectivity index (χ2n) is 7.84. The van der Waals surface area contributed by atoms with E-state index >= 15 is 0 Å². The normalized spacial score (nSPS) is 15.2. The molecule has 0 saturated carbocycles. The van der Waals surface area contributed by atoms with Gasteiger partial charge < -0.3 is 14.2 Å². The van der Waals surface area contributed by atoms with Gasteiger partial charge in [-0.05, 0) is 65.8 Å². The fourth-order valence-electron chi connectivity index (χ4n) is 3.96. The molecule has 1 atom stereocenters. The predicted octanol–water partition coefficient (Wildman–Crippen LogP) is 3.34. The molecular weight excluding hydrogens is 595 g/mol. The Hall–Kier alpha value is -3.25. The van der Waals surface area contributed by atoms with Gasteiger partial charge in [-0.3, -0.25) is 14.2 Å². The number of allylic oxidation sites excluding steroid dienone is 1. The molecule has 2 heterocycles. The molecule has 0 unspecified atom stereocenters. The molecule has 2 aromatic carbocycles. The van der Waals surface area contributed by atoms with Gasteiger partial charge in [0.05, 0.1) is 39.1 Å². The highest BCUT2D eigenvalue weighted by molar-refractivity contribution is 14.1. The van der Waals surface area contributed by atoms with Crippen molar-refractivity contribution in [1.29, 1.82) is 0 Å². The molecule has 8 nitrogen and oxygen atoms in total. The number of rotatable bonds is 6. The summed E-state index contributed by atoms with van der Waals surface area (Å²) in [5, 5.41) is 0. The highest BCUT2D eigenvalue weighted by atomic mass is 127. The van der Waals surface area contributed by atoms with E-state index in [1.165, 1.54) is 25.4 Å². The summed E-state index contributed by atoms with van der Waals surface area (Å²) in [5.74, 6) is -0.259. The lowest BCUT2D eigenvalue weighted by molar-refractivity contribution is -0.139. The minimum atomic E-state index is -0.662. The van der Waals surface area contributed by atoms with Gasteiger partial charge in [0.15, 0.2) is 16.3 Å². The maximum absolute atomic E-state index is 13.7. The number of carbonyl (C=O) groups is 2. The Kier molecular flexibility index (Phi) is 7.74. The number of thiazole rings is 1. The molecule has 0 amide bonds. The van der Waals surface area contributed by atoms with E-state index in [9.17, 15) is 14.4 Å². The van der Waals surface area contributed by atoms with Crippen molar-refractivity contribution in [3.05, 3.63) is 88.1 Å². The Morgan fingerprint density at radius 3 is 2.58 bits per heavy atom. The fraction of sp³-hybridized carbons (Fsp3) is 0.231. The van der Waals surface area contributed by atoms with Crippen LogP contribution in [0.15, 0.2) is 63.5 Å². The van der Waals surface area contributed by atoms with Gasteiger partial charge in [-0.2, -0.15) is 0 Å². The summed E-state index contributed by atoms with van der Waals surface area (Å²) in [5.41, 5.74) is 2.04. The first-order valence-corrected chi connectivity index (χ1v) is 12.9. The maximum atomic E-state index is 13.7. The highest BCUT2D eigenvalue weighted by Crippen LogP contribution is 2.34. The number of methoxy groups -OCH3 is 1. The molecular formula is C26H23IN2O6S. The molecule has 0 N–H and O–H groups in total. The van der Waals surface area contributed by atoms with Crippen molar-refractivity contribution in [3.63, 3.8) is 0 Å². The zero-order valence-corrected chi connectivity index (χ0v) is 23.0. The van der Waals surface area contributed by atoms with Crippen LogP contribution in [-0.4, -0.2) is 30.2 Å². The fourth-order valence-corrected chi connectivity index (χ4v) is 5.74. The second kappa shape index (κ2) is 10.8. The quantitative estimate of drug-likeness (QED) is 0.239. The van der Waals surface area contributed by atoms with Crippen molar-refractivity contribution in [1.82, 2.24) is 4.57 Å². The molecule has 1 aliphatic rings. The number of hydrogen-bond donors (Lipinski definition) is 0. The summed E-state index contributed by atoms with van der Waals surface area (Å²) < 4.78 is 18.6. The third-order valence-corrected chi connectivity index (χ3v) is 7.21. The maximum Gasteiger partial charge on any atom is 0.338 e. The van der Waals surface area contributed by atoms with Crippen molar-refractivity contribution < 1.29 is 23.8 Å². The monoisotopic (exact) mass is 618 g/mol. The molecule has 0 radical (unpaired) electrons. The summed E-state index contributed by atoms with van der Waals surface area (Å²) in [7, 11) is 1.48. The van der Waals surface area contributed by atoms with Crippen LogP contribution in [0.25, 0.3) is 6.08 Å². The van der Waals surface area contributed by atoms with Crippen LogP contribution in [0.3, 0.4) is 0 Å². The van der Waals surface area contributed by atoms with Crippen molar-refractivity contribution in [2.75, 3.05) is 13.7 Å². The van der Waals surface area contributed by atoms with Crippen molar-refractivity contribution in [2.24, 2.45) is 4.99 Å². The number of ether oxygens (including phenoxy) is 3. The Bertz CT molecular complexity index is 1560. The minimum absolute atomic E-state index is 0.214. The number of esters is 2. The minimum Gasteiger partial charge on any atom is -0.493 e. The topological polar surface area (TPSA) is 96.2 Å². The largest absolute Gasteiger partial charge is 0.493 e. The van der Waals surface area contributed by atoms with Gasteiger partial charge >= 0.3 is 11.9 Å². The Labute approximate surface area is 224 Å². The van der Waals surface area contributed by atoms with Gasteiger partial charge in [0.2, 0.25) is 0 Å². The molecule has 186 valence electrons. The van der Waals surface area contributed by atoms with E-state index < -0.39 is 18.0 Å². The van der Waals surface area contributed by atoms with Gasteiger partial charge in [-0.1, -0.05) is 41.7 Å². The molecule has 0 fully saturated rings. The Balaban J connectivity index is 1.91. The average molecular weight is 618 g/mol. The van der Waals surface area contributed by atoms with Crippen LogP contribution >= 0.6 is 33.9 Å². The van der Waals surface area contributed by atoms with Crippen molar-refractivity contribution in [3.8, 4) is 11.5 Å². The third-order valence-electron chi connectivity index (χ3n) is 5.43. The van der Waals surface area contributed by atoms with Gasteiger partial charge in [0, 0.05) is 6.92 Å². The number of carbonyl (C=O) groups excluding carboxylic acids is 2. The Morgan fingerprint density at radius 1 is 1.22 bits per heavy atom. The first-order chi connectivity index (χ1) is 17.2. The van der Waals surface area contributed by atoms with E-state index in [0.29, 0.717) is 41.2 Å². The van der Waals surface area contributed by atoms with Crippen molar-refractivity contribution >= 4 is 51.9 Å². The van der Waals surface area contributed by atoms with Crippen molar-refractivity contribution in [2.45, 2.75) is 26.8 Å². The molecule has 10 heteroatoms. The number of fused-ring (bicyclic) bond motifs is 1. The lowest BCUT2D eigenvalue weighted by Gasteiger charge is -2.24. The summed E-state index contributed by atoms with van der Waals surface area (Å²) >= 11 is 3.29. The molecule has 0 spiro atoms. The molecule has 0 bridgehead atoms. The predicted molar refractivity (Wildman–Crippen MR) is 144 cm³/mol. The number of benzene rings is 2. The summed E-state index contributed by atoms with van der Waals surface area (Å²) in [6, 6.07) is 12.2. The zero-order valence-electron chi connectivity index (χ0n) is 20.0. The van der Waals surface area contributed by atoms with Gasteiger partial charge in [-0.25, -0.2) is 9.79 Å². The van der Waals surface area contributed by atoms with E-state index in [1.54, 1.807) is 36.6 Å². The van der Waals surface area contributed by atoms with Gasteiger partial charge in [0.25, 0.3) is 5.56 Å². The van der Waals surface area contributed by atoms with Gasteiger partial charge in [-0.15, -0.1) is 0 Å². The SMILES string of the molecule is CCOC(=O)C1=C(C)N=c2s/c(=C\c3cc(I)c(OC(C)=O)c(OC)c3)c(=O)n2[C@@H]1c1ccccc1. The molecule has 0 saturated heterocycles. The van der Waals surface area contributed by atoms with Crippen LogP contribution in [0.5, 0.6) is 11.5 Å². The molecule has 0 aliphatic carbocycles. The first-order valence-electron chi connectivity index (χ1n) is 11.1. The van der Waals surface area contributed by atoms with Crippen LogP contribution in [0.2, 0.25) is 0 Å². The lowest BCUT2D eigenvalue weighted by atomic mass is 9.96. The smallest absolute Gasteiger partial charge is 0.338 e. The van der Waals surface area contributed by atoms with Crippen LogP contribution in [0.1, 0.15) is 37.9 Å². The van der Waals surface area contributed by atoms with E-state index in [2.05, 4.69) is 27.6 Å². The molecule has 1 aliphatic heterocycles. The summed E-state index contributed by atoms with van der Waals surface area (Å²) in [6.45, 7) is 5.02. The first kappa shape index (κ1) is 25.8. The van der Waals surface area contributed by atoms with E-state index in [-0.39, 0.29) is 12.2 Å². The third kappa shape index (κ3) is 5.00. The molecule has 36 heavy (non-hydrogen) atoms. The van der Waals surface area contributed by atoms with Crippen LogP contribution in [0.4, 0.5) is 0 Å². The van der Waals surface area contributed by atoms with E-state index in [4.69, 9.17) is 14.2 Å². The summed E-state index contributed by atoms with van der Waals surface area (Å²) in [6.07, 6.45) is 1.73. The second-order valence-corrected chi connectivity index (χ2v) is 10.0. The van der Waals surface area contributed by atoms with Gasteiger partial charge in [0.1, 0.15) is 0 Å². The number of halogens is 1. The van der Waals surface area contributed by atoms with Crippen LogP contribution in [0, 0.1) is 3.57 Å². The molecule has 1 aromatic heterocycles. The van der Waals surface area contributed by atoms with E-state index in [0.717, 1.165) is 5.56 Å². The molecule has 3 aromatic rings. The van der Waals surface area contributed by atoms with Crippen LogP contribution in [-0.2, 0) is 14.3 Å². The van der Waals surface area contributed by atoms with Crippen LogP contribution < -0.4 is 24.4 Å². The number of hydrogen-bond acceptors (Lipinski definition) is 8.